The molecule has 0 aromatic heterocycles. The Kier molecular flexibility index (Phi) is 6.10. The van der Waals surface area contributed by atoms with Gasteiger partial charge < -0.3 is 9.47 Å². The molecule has 3 aromatic rings. The molecule has 1 aliphatic carbocycles. The maximum Gasteiger partial charge on any atom is 0.340 e. The van der Waals surface area contributed by atoms with Crippen molar-refractivity contribution in [2.24, 2.45) is 17.8 Å². The molecular weight excluding hydrogens is 372 g/mol. The molecular formula is C27H32O3. The summed E-state index contributed by atoms with van der Waals surface area (Å²) in [5, 5.41) is 4.66. The molecule has 3 aromatic carbocycles. The molecule has 0 saturated heterocycles. The van der Waals surface area contributed by atoms with Crippen LogP contribution in [-0.4, -0.2) is 19.2 Å². The number of ether oxygens (including phenoxy) is 2. The zero-order valence-corrected chi connectivity index (χ0v) is 18.4. The summed E-state index contributed by atoms with van der Waals surface area (Å²) >= 11 is 0. The quantitative estimate of drug-likeness (QED) is 0.351. The molecule has 4 atom stereocenters. The van der Waals surface area contributed by atoms with Crippen molar-refractivity contribution in [3.05, 3.63) is 60.2 Å². The SMILES string of the molecule is COC(C(=O)O[C@@H]1C[C@H](C)CC[C@H]1C(C)C)c1ccc2cc3ccccc3cc2c1. The summed E-state index contributed by atoms with van der Waals surface area (Å²) in [5.74, 6) is 1.24. The summed E-state index contributed by atoms with van der Waals surface area (Å²) in [6, 6.07) is 18.8. The van der Waals surface area contributed by atoms with Gasteiger partial charge >= 0.3 is 5.97 Å². The molecule has 4 rings (SSSR count). The first-order valence-corrected chi connectivity index (χ1v) is 11.1. The van der Waals surface area contributed by atoms with Crippen LogP contribution >= 0.6 is 0 Å². The van der Waals surface area contributed by atoms with E-state index in [1.54, 1.807) is 7.11 Å². The molecule has 0 bridgehead atoms. The highest BCUT2D eigenvalue weighted by molar-refractivity contribution is 5.98. The number of methoxy groups -OCH3 is 1. The van der Waals surface area contributed by atoms with Crippen LogP contribution in [0.4, 0.5) is 0 Å². The van der Waals surface area contributed by atoms with Gasteiger partial charge in [0.25, 0.3) is 0 Å². The Balaban J connectivity index is 1.59. The number of esters is 1. The second-order valence-electron chi connectivity index (χ2n) is 9.22. The topological polar surface area (TPSA) is 35.5 Å². The Morgan fingerprint density at radius 1 is 0.933 bits per heavy atom. The van der Waals surface area contributed by atoms with Crippen molar-refractivity contribution in [1.82, 2.24) is 0 Å². The van der Waals surface area contributed by atoms with E-state index in [-0.39, 0.29) is 12.1 Å². The minimum atomic E-state index is -0.703. The lowest BCUT2D eigenvalue weighted by atomic mass is 9.75. The van der Waals surface area contributed by atoms with Gasteiger partial charge in [0.05, 0.1) is 0 Å². The van der Waals surface area contributed by atoms with Crippen molar-refractivity contribution in [2.75, 3.05) is 7.11 Å². The third-order valence-corrected chi connectivity index (χ3v) is 6.71. The molecule has 1 aliphatic rings. The minimum Gasteiger partial charge on any atom is -0.460 e. The summed E-state index contributed by atoms with van der Waals surface area (Å²) in [6.07, 6.45) is 2.55. The maximum absolute atomic E-state index is 13.1. The number of hydrogen-bond acceptors (Lipinski definition) is 3. The fourth-order valence-corrected chi connectivity index (χ4v) is 4.95. The van der Waals surface area contributed by atoms with E-state index in [1.807, 2.05) is 12.1 Å². The second kappa shape index (κ2) is 8.77. The van der Waals surface area contributed by atoms with Crippen LogP contribution in [0.15, 0.2) is 54.6 Å². The smallest absolute Gasteiger partial charge is 0.340 e. The van der Waals surface area contributed by atoms with Crippen molar-refractivity contribution in [2.45, 2.75) is 52.2 Å². The van der Waals surface area contributed by atoms with Gasteiger partial charge in [-0.1, -0.05) is 63.6 Å². The fraction of sp³-hybridized carbons (Fsp3) is 0.444. The minimum absolute atomic E-state index is 0.0247. The molecule has 30 heavy (non-hydrogen) atoms. The molecule has 0 heterocycles. The van der Waals surface area contributed by atoms with Gasteiger partial charge in [0.15, 0.2) is 6.10 Å². The van der Waals surface area contributed by atoms with Crippen molar-refractivity contribution in [3.63, 3.8) is 0 Å². The van der Waals surface area contributed by atoms with E-state index in [4.69, 9.17) is 9.47 Å². The molecule has 0 aliphatic heterocycles. The van der Waals surface area contributed by atoms with Gasteiger partial charge in [-0.05, 0) is 75.9 Å². The van der Waals surface area contributed by atoms with Crippen LogP contribution in [-0.2, 0) is 14.3 Å². The average molecular weight is 405 g/mol. The highest BCUT2D eigenvalue weighted by Crippen LogP contribution is 2.36. The van der Waals surface area contributed by atoms with Crippen LogP contribution < -0.4 is 0 Å². The van der Waals surface area contributed by atoms with Crippen LogP contribution in [0.5, 0.6) is 0 Å². The van der Waals surface area contributed by atoms with E-state index >= 15 is 0 Å². The third-order valence-electron chi connectivity index (χ3n) is 6.71. The molecule has 158 valence electrons. The first kappa shape index (κ1) is 20.9. The van der Waals surface area contributed by atoms with Crippen LogP contribution in [0.1, 0.15) is 51.7 Å². The first-order valence-electron chi connectivity index (χ1n) is 11.1. The summed E-state index contributed by atoms with van der Waals surface area (Å²) in [6.45, 7) is 6.70. The highest BCUT2D eigenvalue weighted by Gasteiger charge is 2.35. The number of carbonyl (C=O) groups is 1. The van der Waals surface area contributed by atoms with Gasteiger partial charge in [-0.15, -0.1) is 0 Å². The van der Waals surface area contributed by atoms with Gasteiger partial charge in [0.1, 0.15) is 6.10 Å². The molecule has 0 amide bonds. The predicted molar refractivity (Wildman–Crippen MR) is 122 cm³/mol. The van der Waals surface area contributed by atoms with E-state index in [0.717, 1.165) is 29.2 Å². The van der Waals surface area contributed by atoms with Crippen molar-refractivity contribution < 1.29 is 14.3 Å². The summed E-state index contributed by atoms with van der Waals surface area (Å²) < 4.78 is 11.7. The normalized spacial score (nSPS) is 23.0. The zero-order valence-electron chi connectivity index (χ0n) is 18.4. The standard InChI is InChI=1S/C27H32O3/c1-17(2)24-12-9-18(3)13-25(24)30-27(28)26(29-4)22-11-10-21-14-19-7-5-6-8-20(19)15-23(21)16-22/h5-8,10-11,14-18,24-26H,9,12-13H2,1-4H3/t18-,24+,25-,26?/m1/s1. The van der Waals surface area contributed by atoms with E-state index < -0.39 is 6.10 Å². The summed E-state index contributed by atoms with van der Waals surface area (Å²) in [7, 11) is 1.58. The Hall–Kier alpha value is -2.39. The molecule has 1 saturated carbocycles. The monoisotopic (exact) mass is 404 g/mol. The van der Waals surface area contributed by atoms with Gasteiger partial charge in [-0.2, -0.15) is 0 Å². The van der Waals surface area contributed by atoms with Gasteiger partial charge in [-0.3, -0.25) is 0 Å². The third kappa shape index (κ3) is 4.22. The van der Waals surface area contributed by atoms with Gasteiger partial charge in [0.2, 0.25) is 0 Å². The Labute approximate surface area is 179 Å². The number of hydrogen-bond donors (Lipinski definition) is 0. The van der Waals surface area contributed by atoms with Crippen LogP contribution in [0.25, 0.3) is 21.5 Å². The van der Waals surface area contributed by atoms with E-state index in [1.165, 1.54) is 17.2 Å². The predicted octanol–water partition coefficient (Wildman–Crippen LogP) is 6.68. The van der Waals surface area contributed by atoms with Crippen molar-refractivity contribution >= 4 is 27.5 Å². The van der Waals surface area contributed by atoms with E-state index in [2.05, 4.69) is 63.2 Å². The number of fused-ring (bicyclic) bond motifs is 2. The Bertz CT molecular complexity index is 1040. The van der Waals surface area contributed by atoms with Crippen LogP contribution in [0.3, 0.4) is 0 Å². The summed E-state index contributed by atoms with van der Waals surface area (Å²) in [4.78, 5) is 13.1. The largest absolute Gasteiger partial charge is 0.460 e. The number of benzene rings is 3. The number of rotatable bonds is 5. The summed E-state index contributed by atoms with van der Waals surface area (Å²) in [5.41, 5.74) is 0.843. The van der Waals surface area contributed by atoms with Crippen LogP contribution in [0.2, 0.25) is 0 Å². The van der Waals surface area contributed by atoms with Crippen LogP contribution in [0, 0.1) is 17.8 Å². The van der Waals surface area contributed by atoms with Gasteiger partial charge in [0, 0.05) is 7.11 Å². The Morgan fingerprint density at radius 3 is 2.27 bits per heavy atom. The lowest BCUT2D eigenvalue weighted by Crippen LogP contribution is -2.37. The average Bonchev–Trinajstić information content (AvgIpc) is 2.72. The molecule has 0 N–H and O–H groups in total. The zero-order chi connectivity index (χ0) is 21.3. The lowest BCUT2D eigenvalue weighted by Gasteiger charge is -2.37. The second-order valence-corrected chi connectivity index (χ2v) is 9.22. The Morgan fingerprint density at radius 2 is 1.60 bits per heavy atom. The molecule has 0 spiro atoms. The maximum atomic E-state index is 13.1. The molecule has 3 heteroatoms. The number of carbonyl (C=O) groups excluding carboxylic acids is 1. The van der Waals surface area contributed by atoms with E-state index in [9.17, 15) is 4.79 Å². The molecule has 1 fully saturated rings. The highest BCUT2D eigenvalue weighted by atomic mass is 16.6. The van der Waals surface area contributed by atoms with E-state index in [0.29, 0.717) is 17.8 Å². The molecule has 0 radical (unpaired) electrons. The van der Waals surface area contributed by atoms with Gasteiger partial charge in [-0.25, -0.2) is 4.79 Å². The molecule has 1 unspecified atom stereocenters. The lowest BCUT2D eigenvalue weighted by molar-refractivity contribution is -0.168. The fourth-order valence-electron chi connectivity index (χ4n) is 4.95. The van der Waals surface area contributed by atoms with Crippen molar-refractivity contribution in [1.29, 1.82) is 0 Å². The molecule has 3 nitrogen and oxygen atoms in total. The first-order chi connectivity index (χ1) is 14.5. The van der Waals surface area contributed by atoms with Crippen molar-refractivity contribution in [3.8, 4) is 0 Å².